The lowest BCUT2D eigenvalue weighted by Crippen LogP contribution is -2.18. The van der Waals surface area contributed by atoms with Crippen molar-refractivity contribution >= 4 is 0 Å². The van der Waals surface area contributed by atoms with Gasteiger partial charge in [-0.05, 0) is 68.6 Å². The Morgan fingerprint density at radius 2 is 1.75 bits per heavy atom. The third kappa shape index (κ3) is 3.14. The van der Waals surface area contributed by atoms with E-state index in [0.717, 1.165) is 49.1 Å². The fourth-order valence-corrected chi connectivity index (χ4v) is 3.12. The Kier molecular flexibility index (Phi) is 3.58. The monoisotopic (exact) mass is 336 g/mol. The maximum atomic E-state index is 12.9. The van der Waals surface area contributed by atoms with Crippen LogP contribution in [0.2, 0.25) is 0 Å². The van der Waals surface area contributed by atoms with E-state index in [4.69, 9.17) is 0 Å². The van der Waals surface area contributed by atoms with Gasteiger partial charge in [-0.3, -0.25) is 9.89 Å². The van der Waals surface area contributed by atoms with Gasteiger partial charge in [0.25, 0.3) is 5.56 Å². The van der Waals surface area contributed by atoms with Gasteiger partial charge in [-0.15, -0.1) is 0 Å². The molecule has 1 heterocycles. The molecule has 128 valence electrons. The summed E-state index contributed by atoms with van der Waals surface area (Å²) in [5.74, 6) is 1.16. The number of H-pyrrole nitrogens is 1. The number of hydrogen-bond acceptors (Lipinski definition) is 1. The van der Waals surface area contributed by atoms with Crippen LogP contribution in [0.3, 0.4) is 0 Å². The standard InChI is InChI=1S/C18H19F3N2O/c19-18(20,21)13-2-1-3-14(10-13)23-17(24)15(8-11-4-5-11)16(22-23)9-12-6-7-12/h1-3,10-12,22H,4-9H2. The van der Waals surface area contributed by atoms with Gasteiger partial charge in [0, 0.05) is 11.3 Å². The maximum absolute atomic E-state index is 12.9. The first kappa shape index (κ1) is 15.5. The first-order chi connectivity index (χ1) is 11.4. The summed E-state index contributed by atoms with van der Waals surface area (Å²) >= 11 is 0. The van der Waals surface area contributed by atoms with Gasteiger partial charge in [-0.2, -0.15) is 13.2 Å². The zero-order valence-electron chi connectivity index (χ0n) is 13.2. The van der Waals surface area contributed by atoms with E-state index in [1.807, 2.05) is 0 Å². The topological polar surface area (TPSA) is 37.8 Å². The molecule has 0 radical (unpaired) electrons. The van der Waals surface area contributed by atoms with Gasteiger partial charge < -0.3 is 0 Å². The van der Waals surface area contributed by atoms with Crippen LogP contribution >= 0.6 is 0 Å². The Hall–Kier alpha value is -1.98. The van der Waals surface area contributed by atoms with Gasteiger partial charge in [0.1, 0.15) is 0 Å². The number of aromatic amines is 1. The second-order valence-electron chi connectivity index (χ2n) is 7.05. The van der Waals surface area contributed by atoms with Crippen LogP contribution in [-0.4, -0.2) is 9.78 Å². The lowest BCUT2D eigenvalue weighted by molar-refractivity contribution is -0.137. The highest BCUT2D eigenvalue weighted by atomic mass is 19.4. The molecule has 0 aliphatic heterocycles. The zero-order valence-corrected chi connectivity index (χ0v) is 13.2. The molecule has 2 aromatic rings. The van der Waals surface area contributed by atoms with Crippen LogP contribution in [0.1, 0.15) is 42.5 Å². The molecule has 2 aliphatic carbocycles. The summed E-state index contributed by atoms with van der Waals surface area (Å²) in [6.45, 7) is 0. The van der Waals surface area contributed by atoms with Crippen LogP contribution in [-0.2, 0) is 19.0 Å². The summed E-state index contributed by atoms with van der Waals surface area (Å²) in [4.78, 5) is 12.8. The molecular weight excluding hydrogens is 317 g/mol. The zero-order chi connectivity index (χ0) is 16.9. The van der Waals surface area contributed by atoms with Crippen LogP contribution in [0.5, 0.6) is 0 Å². The Balaban J connectivity index is 1.74. The number of hydrogen-bond donors (Lipinski definition) is 1. The molecular formula is C18H19F3N2O. The van der Waals surface area contributed by atoms with E-state index in [-0.39, 0.29) is 11.2 Å². The van der Waals surface area contributed by atoms with Gasteiger partial charge in [0.15, 0.2) is 0 Å². The molecule has 0 unspecified atom stereocenters. The Morgan fingerprint density at radius 3 is 2.38 bits per heavy atom. The summed E-state index contributed by atoms with van der Waals surface area (Å²) in [6.07, 6.45) is 1.75. The first-order valence-corrected chi connectivity index (χ1v) is 8.42. The third-order valence-electron chi connectivity index (χ3n) is 4.88. The fraction of sp³-hybridized carbons (Fsp3) is 0.500. The molecule has 2 aliphatic rings. The molecule has 3 nitrogen and oxygen atoms in total. The Morgan fingerprint density at radius 1 is 1.08 bits per heavy atom. The van der Waals surface area contributed by atoms with Crippen LogP contribution in [0.25, 0.3) is 5.69 Å². The molecule has 2 fully saturated rings. The van der Waals surface area contributed by atoms with Crippen molar-refractivity contribution in [2.45, 2.75) is 44.7 Å². The van der Waals surface area contributed by atoms with Crippen molar-refractivity contribution in [2.24, 2.45) is 11.8 Å². The van der Waals surface area contributed by atoms with E-state index in [2.05, 4.69) is 5.10 Å². The van der Waals surface area contributed by atoms with E-state index in [1.165, 1.54) is 29.7 Å². The molecule has 2 saturated carbocycles. The maximum Gasteiger partial charge on any atom is 0.416 e. The number of nitrogens with one attached hydrogen (secondary N) is 1. The quantitative estimate of drug-likeness (QED) is 0.877. The van der Waals surface area contributed by atoms with Gasteiger partial charge in [-0.1, -0.05) is 6.07 Å². The second kappa shape index (κ2) is 5.53. The summed E-state index contributed by atoms with van der Waals surface area (Å²) < 4.78 is 40.1. The summed E-state index contributed by atoms with van der Waals surface area (Å²) in [5.41, 5.74) is 0.980. The molecule has 0 bridgehead atoms. The van der Waals surface area contributed by atoms with Crippen molar-refractivity contribution in [3.05, 3.63) is 51.4 Å². The van der Waals surface area contributed by atoms with Crippen molar-refractivity contribution in [3.8, 4) is 5.69 Å². The molecule has 1 N–H and O–H groups in total. The minimum Gasteiger partial charge on any atom is -0.295 e. The van der Waals surface area contributed by atoms with Crippen LogP contribution in [0.15, 0.2) is 29.1 Å². The summed E-state index contributed by atoms with van der Waals surface area (Å²) in [7, 11) is 0. The van der Waals surface area contributed by atoms with Crippen molar-refractivity contribution in [3.63, 3.8) is 0 Å². The smallest absolute Gasteiger partial charge is 0.295 e. The number of rotatable bonds is 5. The highest BCUT2D eigenvalue weighted by molar-refractivity contribution is 5.38. The number of benzene rings is 1. The van der Waals surface area contributed by atoms with Gasteiger partial charge in [0.2, 0.25) is 0 Å². The van der Waals surface area contributed by atoms with E-state index >= 15 is 0 Å². The third-order valence-corrected chi connectivity index (χ3v) is 4.88. The molecule has 1 aromatic heterocycles. The van der Waals surface area contributed by atoms with Gasteiger partial charge in [0.05, 0.1) is 11.3 Å². The minimum absolute atomic E-state index is 0.197. The first-order valence-electron chi connectivity index (χ1n) is 8.42. The predicted molar refractivity (Wildman–Crippen MR) is 84.2 cm³/mol. The predicted octanol–water partition coefficient (Wildman–Crippen LogP) is 4.09. The number of alkyl halides is 3. The van der Waals surface area contributed by atoms with E-state index < -0.39 is 11.7 Å². The summed E-state index contributed by atoms with van der Waals surface area (Å²) in [6, 6.07) is 4.93. The number of aromatic nitrogens is 2. The highest BCUT2D eigenvalue weighted by Gasteiger charge is 2.32. The van der Waals surface area contributed by atoms with Crippen LogP contribution in [0, 0.1) is 11.8 Å². The molecule has 4 rings (SSSR count). The molecule has 0 atom stereocenters. The van der Waals surface area contributed by atoms with Crippen LogP contribution in [0.4, 0.5) is 13.2 Å². The molecule has 6 heteroatoms. The lowest BCUT2D eigenvalue weighted by Gasteiger charge is -2.08. The fourth-order valence-electron chi connectivity index (χ4n) is 3.12. The molecule has 0 spiro atoms. The van der Waals surface area contributed by atoms with E-state index in [0.29, 0.717) is 11.8 Å². The second-order valence-corrected chi connectivity index (χ2v) is 7.05. The lowest BCUT2D eigenvalue weighted by atomic mass is 10.1. The number of nitrogens with zero attached hydrogens (tertiary/aromatic N) is 1. The van der Waals surface area contributed by atoms with Crippen molar-refractivity contribution in [1.29, 1.82) is 0 Å². The van der Waals surface area contributed by atoms with E-state index in [9.17, 15) is 18.0 Å². The van der Waals surface area contributed by atoms with Crippen molar-refractivity contribution < 1.29 is 13.2 Å². The highest BCUT2D eigenvalue weighted by Crippen LogP contribution is 2.36. The van der Waals surface area contributed by atoms with Crippen molar-refractivity contribution in [2.75, 3.05) is 0 Å². The minimum atomic E-state index is -4.42. The normalized spacial score (nSPS) is 18.1. The Labute approximate surface area is 137 Å². The Bertz CT molecular complexity index is 810. The number of halogens is 3. The van der Waals surface area contributed by atoms with Gasteiger partial charge in [-0.25, -0.2) is 4.68 Å². The average molecular weight is 336 g/mol. The average Bonchev–Trinajstić information content (AvgIpc) is 3.43. The molecule has 24 heavy (non-hydrogen) atoms. The SMILES string of the molecule is O=c1c(CC2CC2)c(CC2CC2)[nH]n1-c1cccc(C(F)(F)F)c1. The van der Waals surface area contributed by atoms with Gasteiger partial charge >= 0.3 is 6.18 Å². The van der Waals surface area contributed by atoms with Crippen molar-refractivity contribution in [1.82, 2.24) is 9.78 Å². The summed E-state index contributed by atoms with van der Waals surface area (Å²) in [5, 5.41) is 3.09. The molecule has 0 saturated heterocycles. The molecule has 1 aromatic carbocycles. The van der Waals surface area contributed by atoms with E-state index in [1.54, 1.807) is 0 Å². The largest absolute Gasteiger partial charge is 0.416 e. The van der Waals surface area contributed by atoms with Crippen LogP contribution < -0.4 is 5.56 Å². The molecule has 0 amide bonds.